The molecule has 1 aromatic carbocycles. The molecule has 5 rings (SSSR count). The Hall–Kier alpha value is -2.14. The highest BCUT2D eigenvalue weighted by Gasteiger charge is 2.48. The molecule has 2 aliphatic heterocycles. The van der Waals surface area contributed by atoms with E-state index in [2.05, 4.69) is 64.5 Å². The number of allylic oxidation sites excluding steroid dienone is 3. The summed E-state index contributed by atoms with van der Waals surface area (Å²) in [6.45, 7) is 7.07. The Morgan fingerprint density at radius 1 is 1.06 bits per heavy atom. The number of piperidine rings is 1. The lowest BCUT2D eigenvalue weighted by Crippen LogP contribution is -3.11. The molecule has 1 atom stereocenters. The monoisotopic (exact) mass is 452 g/mol. The van der Waals surface area contributed by atoms with Crippen molar-refractivity contribution in [1.82, 2.24) is 10.4 Å². The van der Waals surface area contributed by atoms with Gasteiger partial charge in [0.05, 0.1) is 24.5 Å². The third-order valence-corrected chi connectivity index (χ3v) is 10.2. The third kappa shape index (κ3) is 3.93. The summed E-state index contributed by atoms with van der Waals surface area (Å²) in [5.74, 6) is 0.833. The second-order valence-electron chi connectivity index (χ2n) is 9.38. The maximum atomic E-state index is 6.58. The highest BCUT2D eigenvalue weighted by molar-refractivity contribution is 8.18. The van der Waals surface area contributed by atoms with Gasteiger partial charge in [0.2, 0.25) is 0 Å². The molecule has 0 unspecified atom stereocenters. The van der Waals surface area contributed by atoms with Crippen LogP contribution in [-0.2, 0) is 11.8 Å². The number of aromatic nitrogens is 1. The van der Waals surface area contributed by atoms with Gasteiger partial charge in [0.15, 0.2) is 6.34 Å². The van der Waals surface area contributed by atoms with E-state index in [1.54, 1.807) is 4.90 Å². The maximum absolute atomic E-state index is 6.58. The second-order valence-corrected chi connectivity index (χ2v) is 13.2. The average molecular weight is 453 g/mol. The van der Waals surface area contributed by atoms with E-state index in [0.717, 1.165) is 17.9 Å². The van der Waals surface area contributed by atoms with E-state index in [9.17, 15) is 0 Å². The van der Waals surface area contributed by atoms with Gasteiger partial charge in [0, 0.05) is 12.6 Å². The topological polar surface area (TPSA) is 44.6 Å². The van der Waals surface area contributed by atoms with Gasteiger partial charge in [0.25, 0.3) is 0 Å². The molecule has 5 nitrogen and oxygen atoms in total. The first-order valence-electron chi connectivity index (χ1n) is 11.2. The number of hydrogen-bond donors (Lipinski definition) is 3. The van der Waals surface area contributed by atoms with Crippen LogP contribution >= 0.6 is 6.34 Å². The normalized spacial score (nSPS) is 25.6. The summed E-state index contributed by atoms with van der Waals surface area (Å²) in [5, 5.41) is 5.04. The summed E-state index contributed by atoms with van der Waals surface area (Å²) in [7, 11) is 0. The fourth-order valence-corrected chi connectivity index (χ4v) is 8.90. The first-order chi connectivity index (χ1) is 15.0. The number of likely N-dealkylation sites (tertiary alicyclic amines) is 1. The lowest BCUT2D eigenvalue weighted by Gasteiger charge is -2.36. The number of hydrogen-bond acceptors (Lipinski definition) is 3. The molecule has 31 heavy (non-hydrogen) atoms. The number of benzene rings is 1. The van der Waals surface area contributed by atoms with Crippen molar-refractivity contribution >= 4 is 29.7 Å². The molecule has 1 aromatic heterocycles. The fourth-order valence-electron chi connectivity index (χ4n) is 4.99. The van der Waals surface area contributed by atoms with Crippen molar-refractivity contribution < 1.29 is 4.90 Å². The number of hydrazine groups is 1. The predicted molar refractivity (Wildman–Crippen MR) is 132 cm³/mol. The lowest BCUT2D eigenvalue weighted by atomic mass is 9.82. The zero-order valence-corrected chi connectivity index (χ0v) is 20.0. The van der Waals surface area contributed by atoms with Crippen LogP contribution in [0.1, 0.15) is 39.5 Å². The summed E-state index contributed by atoms with van der Waals surface area (Å²) in [5.41, 5.74) is 7.59. The summed E-state index contributed by atoms with van der Waals surface area (Å²) in [6, 6.07) is 16.4. The fraction of sp³-hybridized carbons (Fsp3) is 0.375. The molecule has 0 bridgehead atoms. The van der Waals surface area contributed by atoms with E-state index in [4.69, 9.17) is 11.8 Å². The van der Waals surface area contributed by atoms with Crippen LogP contribution in [0.15, 0.2) is 77.5 Å². The molecule has 0 radical (unpaired) electrons. The highest BCUT2D eigenvalue weighted by atomic mass is 32.4. The van der Waals surface area contributed by atoms with E-state index in [1.807, 2.05) is 30.5 Å². The number of para-hydroxylation sites is 1. The Labute approximate surface area is 190 Å². The highest BCUT2D eigenvalue weighted by Crippen LogP contribution is 2.65. The predicted octanol–water partition coefficient (Wildman–Crippen LogP) is 4.42. The minimum atomic E-state index is -2.40. The van der Waals surface area contributed by atoms with E-state index < -0.39 is 6.34 Å². The Kier molecular flexibility index (Phi) is 5.41. The number of quaternary nitrogens is 1. The number of anilines is 2. The van der Waals surface area contributed by atoms with Crippen molar-refractivity contribution in [3.8, 4) is 0 Å². The standard InChI is InChI=1S/C24H30N5PS/c1-24(2)17-20-23(21(18-24)28-15-9-4-10-16-28)30(31,27-22-13-7-8-14-25-22)29(26-20)19-11-5-3-6-12-19/h3,5-8,11-14,17,26H,4,9-10,15-16,18H2,1-2H3,(H,25,27,31)/p+1/t30-/m1/s1. The van der Waals surface area contributed by atoms with Crippen LogP contribution in [0.25, 0.3) is 0 Å². The number of nitrogens with zero attached hydrogens (tertiary/aromatic N) is 2. The van der Waals surface area contributed by atoms with Crippen LogP contribution in [-0.4, -0.2) is 18.1 Å². The first kappa shape index (κ1) is 20.7. The molecule has 0 saturated carbocycles. The van der Waals surface area contributed by atoms with Gasteiger partial charge >= 0.3 is 0 Å². The van der Waals surface area contributed by atoms with E-state index in [1.165, 1.54) is 49.1 Å². The van der Waals surface area contributed by atoms with E-state index in [-0.39, 0.29) is 5.41 Å². The molecule has 3 N–H and O–H groups in total. The Balaban J connectivity index is 1.68. The Bertz CT molecular complexity index is 1060. The molecule has 1 aliphatic carbocycles. The quantitative estimate of drug-likeness (QED) is 0.600. The van der Waals surface area contributed by atoms with Crippen molar-refractivity contribution in [3.05, 3.63) is 77.5 Å². The number of rotatable bonds is 4. The Morgan fingerprint density at radius 3 is 2.52 bits per heavy atom. The molecule has 162 valence electrons. The summed E-state index contributed by atoms with van der Waals surface area (Å²) in [6.07, 6.45) is 6.78. The van der Waals surface area contributed by atoms with E-state index >= 15 is 0 Å². The molecule has 7 heteroatoms. The van der Waals surface area contributed by atoms with Gasteiger partial charge in [-0.05, 0) is 60.7 Å². The molecule has 2 aromatic rings. The average Bonchev–Trinajstić information content (AvgIpc) is 3.06. The summed E-state index contributed by atoms with van der Waals surface area (Å²) in [4.78, 5) is 6.19. The van der Waals surface area contributed by atoms with Crippen LogP contribution in [0.5, 0.6) is 0 Å². The molecule has 2 fully saturated rings. The molecule has 0 spiro atoms. The van der Waals surface area contributed by atoms with Gasteiger partial charge in [-0.3, -0.25) is 5.43 Å². The molecule has 3 heterocycles. The molecule has 3 aliphatic rings. The van der Waals surface area contributed by atoms with Crippen molar-refractivity contribution in [3.63, 3.8) is 0 Å². The first-order valence-corrected chi connectivity index (χ1v) is 14.0. The number of fused-ring (bicyclic) bond motifs is 1. The zero-order chi connectivity index (χ0) is 21.5. The number of nitrogens with one attached hydrogen (secondary N) is 3. The van der Waals surface area contributed by atoms with Gasteiger partial charge in [-0.1, -0.05) is 44.2 Å². The van der Waals surface area contributed by atoms with Crippen molar-refractivity contribution in [2.75, 3.05) is 23.0 Å². The van der Waals surface area contributed by atoms with Gasteiger partial charge < -0.3 is 9.99 Å². The number of pyridine rings is 1. The molecular formula is C24H31N5PS+. The molecule has 0 amide bonds. The van der Waals surface area contributed by atoms with Crippen molar-refractivity contribution in [1.29, 1.82) is 0 Å². The van der Waals surface area contributed by atoms with Gasteiger partial charge in [-0.15, -0.1) is 0 Å². The van der Waals surface area contributed by atoms with Gasteiger partial charge in [-0.2, -0.15) is 0 Å². The Morgan fingerprint density at radius 2 is 1.81 bits per heavy atom. The van der Waals surface area contributed by atoms with Gasteiger partial charge in [-0.25, -0.2) is 9.76 Å². The maximum Gasteiger partial charge on any atom is 0.178 e. The summed E-state index contributed by atoms with van der Waals surface area (Å²) < 4.78 is 2.21. The van der Waals surface area contributed by atoms with Crippen molar-refractivity contribution in [2.24, 2.45) is 5.41 Å². The smallest absolute Gasteiger partial charge is 0.178 e. The van der Waals surface area contributed by atoms with Crippen LogP contribution < -0.4 is 20.2 Å². The van der Waals surface area contributed by atoms with Gasteiger partial charge in [0.1, 0.15) is 16.8 Å². The third-order valence-electron chi connectivity index (χ3n) is 6.34. The van der Waals surface area contributed by atoms with Crippen LogP contribution in [0.3, 0.4) is 0 Å². The second kappa shape index (κ2) is 8.09. The minimum Gasteiger partial charge on any atom is -0.322 e. The molecule has 2 saturated heterocycles. The van der Waals surface area contributed by atoms with Crippen LogP contribution in [0, 0.1) is 5.41 Å². The van der Waals surface area contributed by atoms with E-state index in [0.29, 0.717) is 0 Å². The summed E-state index contributed by atoms with van der Waals surface area (Å²) >= 11 is 6.58. The van der Waals surface area contributed by atoms with Crippen LogP contribution in [0.4, 0.5) is 11.5 Å². The minimum absolute atomic E-state index is 0.101. The lowest BCUT2D eigenvalue weighted by molar-refractivity contribution is -0.868. The van der Waals surface area contributed by atoms with Crippen LogP contribution in [0.2, 0.25) is 0 Å². The zero-order valence-electron chi connectivity index (χ0n) is 18.3. The SMILES string of the molecule is CC1(C)C=C2NN(c3ccccc3)[P@](=S)(Nc3ccccn3)C2=C([NH+]2CCCCC2)C1. The molecular weight excluding hydrogens is 421 g/mol. The largest absolute Gasteiger partial charge is 0.322 e. The van der Waals surface area contributed by atoms with Crippen molar-refractivity contribution in [2.45, 2.75) is 39.5 Å².